The van der Waals surface area contributed by atoms with E-state index in [2.05, 4.69) is 5.32 Å². The smallest absolute Gasteiger partial charge is 0.327 e. The highest BCUT2D eigenvalue weighted by Gasteiger charge is 2.77. The van der Waals surface area contributed by atoms with Crippen molar-refractivity contribution in [2.24, 2.45) is 5.41 Å². The van der Waals surface area contributed by atoms with Gasteiger partial charge in [0.25, 0.3) is 0 Å². The number of nitrogens with one attached hydrogen (secondary N) is 1. The van der Waals surface area contributed by atoms with E-state index in [0.717, 1.165) is 27.8 Å². The average Bonchev–Trinajstić information content (AvgIpc) is 3.84. The number of hydroxylamine groups is 2. The second-order valence-corrected chi connectivity index (χ2v) is 15.7. The molecule has 59 heavy (non-hydrogen) atoms. The minimum Gasteiger partial charge on any atom is -0.458 e. The van der Waals surface area contributed by atoms with Crippen LogP contribution in [-0.4, -0.2) is 114 Å². The first-order valence-electron chi connectivity index (χ1n) is 19.8. The second kappa shape index (κ2) is 16.5. The molecule has 2 bridgehead atoms. The van der Waals surface area contributed by atoms with E-state index in [4.69, 9.17) is 19.0 Å². The number of likely N-dealkylation sites (N-methyl/N-ethyl adjacent to an activating group) is 2. The number of nitrogens with zero attached hydrogens (tertiary/aromatic N) is 3. The van der Waals surface area contributed by atoms with Crippen LogP contribution in [0.1, 0.15) is 34.2 Å². The average molecular weight is 801 g/mol. The largest absolute Gasteiger partial charge is 0.458 e. The topological polar surface area (TPSA) is 147 Å². The summed E-state index contributed by atoms with van der Waals surface area (Å²) in [6, 6.07) is 33.7. The van der Waals surface area contributed by atoms with Crippen molar-refractivity contribution in [2.45, 2.75) is 61.7 Å². The van der Waals surface area contributed by atoms with Crippen molar-refractivity contribution in [1.82, 2.24) is 20.2 Å². The van der Waals surface area contributed by atoms with Gasteiger partial charge < -0.3 is 34.4 Å². The molecule has 3 amide bonds. The lowest BCUT2D eigenvalue weighted by Gasteiger charge is -2.50. The van der Waals surface area contributed by atoms with Gasteiger partial charge in [0.1, 0.15) is 35.9 Å². The number of carbonyl (C=O) groups excluding carboxylic acids is 4. The van der Waals surface area contributed by atoms with Gasteiger partial charge in [-0.2, -0.15) is 5.06 Å². The summed E-state index contributed by atoms with van der Waals surface area (Å²) in [5.74, 6) is -3.13. The predicted molar refractivity (Wildman–Crippen MR) is 216 cm³/mol. The van der Waals surface area contributed by atoms with E-state index in [-0.39, 0.29) is 38.4 Å². The van der Waals surface area contributed by atoms with E-state index in [9.17, 15) is 19.5 Å². The fourth-order valence-electron chi connectivity index (χ4n) is 8.91. The van der Waals surface area contributed by atoms with Gasteiger partial charge in [-0.1, -0.05) is 115 Å². The highest BCUT2D eigenvalue weighted by atomic mass is 16.8. The maximum Gasteiger partial charge on any atom is 0.327 e. The molecule has 3 saturated heterocycles. The maximum atomic E-state index is 15.6. The maximum absolute atomic E-state index is 15.6. The quantitative estimate of drug-likeness (QED) is 0.152. The van der Waals surface area contributed by atoms with E-state index in [1.54, 1.807) is 27.2 Å². The molecule has 4 aromatic rings. The molecule has 2 N–H and O–H groups in total. The zero-order chi connectivity index (χ0) is 41.3. The molecule has 8 rings (SSSR count). The van der Waals surface area contributed by atoms with Gasteiger partial charge in [-0.05, 0) is 22.8 Å². The summed E-state index contributed by atoms with van der Waals surface area (Å²) in [5.41, 5.74) is 2.27. The predicted octanol–water partition coefficient (Wildman–Crippen LogP) is 3.45. The Morgan fingerprint density at radius 1 is 0.847 bits per heavy atom. The Labute approximate surface area is 343 Å². The molecule has 0 aromatic heterocycles. The second-order valence-electron chi connectivity index (χ2n) is 15.7. The van der Waals surface area contributed by atoms with Crippen LogP contribution >= 0.6 is 0 Å². The Morgan fingerprint density at radius 2 is 1.46 bits per heavy atom. The van der Waals surface area contributed by atoms with Crippen LogP contribution in [0.5, 0.6) is 0 Å². The lowest BCUT2D eigenvalue weighted by molar-refractivity contribution is -0.214. The first-order valence-corrected chi connectivity index (χ1v) is 19.8. The van der Waals surface area contributed by atoms with Crippen molar-refractivity contribution < 1.29 is 43.3 Å². The zero-order valence-electron chi connectivity index (χ0n) is 33.2. The van der Waals surface area contributed by atoms with Crippen LogP contribution in [0.25, 0.3) is 6.08 Å². The molecule has 3 aliphatic heterocycles. The molecule has 4 fully saturated rings. The summed E-state index contributed by atoms with van der Waals surface area (Å²) in [5, 5.41) is 13.8. The van der Waals surface area contributed by atoms with Crippen molar-refractivity contribution in [3.63, 3.8) is 0 Å². The molecule has 4 aliphatic rings. The number of esters is 1. The van der Waals surface area contributed by atoms with Crippen LogP contribution < -0.4 is 5.32 Å². The van der Waals surface area contributed by atoms with Gasteiger partial charge in [-0.15, -0.1) is 0 Å². The van der Waals surface area contributed by atoms with Gasteiger partial charge in [0.2, 0.25) is 23.5 Å². The van der Waals surface area contributed by atoms with Gasteiger partial charge >= 0.3 is 5.97 Å². The molecule has 13 heteroatoms. The Kier molecular flexibility index (Phi) is 11.2. The van der Waals surface area contributed by atoms with Crippen LogP contribution in [0.2, 0.25) is 0 Å². The van der Waals surface area contributed by atoms with Crippen LogP contribution in [0.4, 0.5) is 0 Å². The van der Waals surface area contributed by atoms with Crippen molar-refractivity contribution in [3.8, 4) is 0 Å². The number of fused-ring (bicyclic) bond motifs is 4. The Hall–Kier alpha value is -5.70. The number of carbonyl (C=O) groups is 4. The molecule has 1 aliphatic carbocycles. The summed E-state index contributed by atoms with van der Waals surface area (Å²) in [6.07, 6.45) is -0.195. The number of aliphatic hydroxyl groups excluding tert-OH is 1. The number of hydrogen-bond donors (Lipinski definition) is 2. The molecule has 1 saturated carbocycles. The van der Waals surface area contributed by atoms with E-state index >= 15 is 4.79 Å². The van der Waals surface area contributed by atoms with Gasteiger partial charge in [0.05, 0.1) is 13.2 Å². The molecule has 3 heterocycles. The summed E-state index contributed by atoms with van der Waals surface area (Å²) in [7, 11) is 4.94. The SMILES string of the molecule is CN(C)C(=O)C=Cc1ccc(CN2OC3C4OC(c5ccccc5)(c5ccccc5)OC4C4CC3(C(=O)N(C)C(Cc3ccccc3)C(=O)NCCO)C2C(=O)O4)cc1. The number of hydrogen-bond acceptors (Lipinski definition) is 10. The van der Waals surface area contributed by atoms with E-state index in [0.29, 0.717) is 0 Å². The molecule has 13 nitrogen and oxygen atoms in total. The Morgan fingerprint density at radius 3 is 2.07 bits per heavy atom. The van der Waals surface area contributed by atoms with E-state index in [1.807, 2.05) is 115 Å². The summed E-state index contributed by atoms with van der Waals surface area (Å²) >= 11 is 0. The highest BCUT2D eigenvalue weighted by Crippen LogP contribution is 2.59. The normalized spacial score (nSPS) is 25.8. The fourth-order valence-corrected chi connectivity index (χ4v) is 8.91. The van der Waals surface area contributed by atoms with Gasteiger partial charge in [-0.3, -0.25) is 24.0 Å². The Bertz CT molecular complexity index is 2150. The zero-order valence-corrected chi connectivity index (χ0v) is 33.2. The van der Waals surface area contributed by atoms with Gasteiger partial charge in [0, 0.05) is 57.7 Å². The van der Waals surface area contributed by atoms with Gasteiger partial charge in [-0.25, -0.2) is 0 Å². The summed E-state index contributed by atoms with van der Waals surface area (Å²) in [6.45, 7) is -0.168. The first-order chi connectivity index (χ1) is 28.6. The Balaban J connectivity index is 1.20. The third kappa shape index (κ3) is 7.34. The molecule has 0 radical (unpaired) electrons. The van der Waals surface area contributed by atoms with Crippen LogP contribution in [-0.2, 0) is 57.0 Å². The first kappa shape index (κ1) is 40.1. The van der Waals surface area contributed by atoms with Crippen molar-refractivity contribution >= 4 is 29.8 Å². The third-order valence-electron chi connectivity index (χ3n) is 11.8. The van der Waals surface area contributed by atoms with E-state index < -0.39 is 65.5 Å². The summed E-state index contributed by atoms with van der Waals surface area (Å²) in [4.78, 5) is 65.9. The fraction of sp³-hybridized carbons (Fsp3) is 0.348. The van der Waals surface area contributed by atoms with Crippen LogP contribution in [0, 0.1) is 5.41 Å². The minimum absolute atomic E-state index is 0.00433. The number of amides is 3. The number of rotatable bonds is 13. The molecule has 306 valence electrons. The van der Waals surface area contributed by atoms with Crippen molar-refractivity contribution in [1.29, 1.82) is 0 Å². The molecular weight excluding hydrogens is 753 g/mol. The lowest BCUT2D eigenvalue weighted by Crippen LogP contribution is -2.70. The number of ether oxygens (including phenoxy) is 3. The molecule has 7 unspecified atom stereocenters. The van der Waals surface area contributed by atoms with Crippen molar-refractivity contribution in [3.05, 3.63) is 149 Å². The molecule has 4 aromatic carbocycles. The van der Waals surface area contributed by atoms with Gasteiger partial charge in [0.15, 0.2) is 6.04 Å². The molecular formula is C46H48N4O9. The van der Waals surface area contributed by atoms with Crippen molar-refractivity contribution in [2.75, 3.05) is 34.3 Å². The molecule has 7 atom stereocenters. The standard InChI is InChI=1S/C46H48N4O9/c1-48(2)37(52)24-23-30-19-21-32(22-20-30)29-50-40-43(54)56-36-28-45(40,44(55)49(3)35(42(53)47-25-26-51)27-31-13-7-4-8-14-31)41(59-50)39-38(36)57-46(58-39,33-15-9-5-10-16-33)34-17-11-6-12-18-34/h4-24,35-36,38-41,51H,25-29H2,1-3H3,(H,47,53). The number of aliphatic hydroxyl groups is 1. The van der Waals surface area contributed by atoms with E-state index in [1.165, 1.54) is 20.9 Å². The molecule has 0 spiro atoms. The highest BCUT2D eigenvalue weighted by molar-refractivity contribution is 5.96. The third-order valence-corrected chi connectivity index (χ3v) is 11.8. The van der Waals surface area contributed by atoms with Crippen LogP contribution in [0.3, 0.4) is 0 Å². The monoisotopic (exact) mass is 800 g/mol. The summed E-state index contributed by atoms with van der Waals surface area (Å²) < 4.78 is 20.4. The number of benzene rings is 4. The minimum atomic E-state index is -1.57. The van der Waals surface area contributed by atoms with Crippen LogP contribution in [0.15, 0.2) is 121 Å². The lowest BCUT2D eigenvalue weighted by atomic mass is 9.62.